The van der Waals surface area contributed by atoms with Crippen molar-refractivity contribution in [3.63, 3.8) is 0 Å². The van der Waals surface area contributed by atoms with Gasteiger partial charge in [-0.3, -0.25) is 0 Å². The molecule has 2 nitrogen and oxygen atoms in total. The summed E-state index contributed by atoms with van der Waals surface area (Å²) in [5.41, 5.74) is 2.65. The van der Waals surface area contributed by atoms with Gasteiger partial charge in [0, 0.05) is 41.1 Å². The van der Waals surface area contributed by atoms with Crippen molar-refractivity contribution in [1.82, 2.24) is 9.88 Å². The van der Waals surface area contributed by atoms with Crippen LogP contribution in [0.2, 0.25) is 5.02 Å². The molecule has 3 heteroatoms. The minimum Gasteiger partial charge on any atom is -0.345 e. The number of aromatic nitrogens is 1. The Kier molecular flexibility index (Phi) is 3.52. The Labute approximate surface area is 101 Å². The normalized spacial score (nSPS) is 11.2. The summed E-state index contributed by atoms with van der Waals surface area (Å²) >= 11 is 6.01. The maximum absolute atomic E-state index is 6.01. The van der Waals surface area contributed by atoms with Crippen molar-refractivity contribution in [3.8, 4) is 0 Å². The first-order valence-corrected chi connectivity index (χ1v) is 6.06. The van der Waals surface area contributed by atoms with E-state index in [0.29, 0.717) is 0 Å². The lowest BCUT2D eigenvalue weighted by Gasteiger charge is -2.07. The SMILES string of the molecule is CCn1c(CCNC)cc2cc(Cl)ccc21. The summed E-state index contributed by atoms with van der Waals surface area (Å²) in [5.74, 6) is 0. The number of hydrogen-bond acceptors (Lipinski definition) is 1. The van der Waals surface area contributed by atoms with Crippen LogP contribution in [0.25, 0.3) is 10.9 Å². The summed E-state index contributed by atoms with van der Waals surface area (Å²) in [7, 11) is 1.98. The first-order chi connectivity index (χ1) is 7.76. The molecule has 0 spiro atoms. The van der Waals surface area contributed by atoms with Gasteiger partial charge in [0.2, 0.25) is 0 Å². The molecule has 0 fully saturated rings. The van der Waals surface area contributed by atoms with Gasteiger partial charge in [0.15, 0.2) is 0 Å². The van der Waals surface area contributed by atoms with E-state index in [1.807, 2.05) is 19.2 Å². The van der Waals surface area contributed by atoms with E-state index >= 15 is 0 Å². The van der Waals surface area contributed by atoms with E-state index in [0.717, 1.165) is 24.5 Å². The summed E-state index contributed by atoms with van der Waals surface area (Å²) in [6.07, 6.45) is 1.05. The molecule has 2 aromatic rings. The van der Waals surface area contributed by atoms with E-state index in [2.05, 4.69) is 28.9 Å². The molecule has 2 rings (SSSR count). The molecule has 1 heterocycles. The van der Waals surface area contributed by atoms with Crippen LogP contribution in [0.1, 0.15) is 12.6 Å². The molecular formula is C13H17ClN2. The van der Waals surface area contributed by atoms with Crippen LogP contribution in [0.15, 0.2) is 24.3 Å². The van der Waals surface area contributed by atoms with Gasteiger partial charge in [-0.2, -0.15) is 0 Å². The molecule has 0 aliphatic rings. The molecule has 1 aromatic heterocycles. The van der Waals surface area contributed by atoms with Gasteiger partial charge in [0.25, 0.3) is 0 Å². The first-order valence-electron chi connectivity index (χ1n) is 5.68. The number of nitrogens with zero attached hydrogens (tertiary/aromatic N) is 1. The zero-order valence-electron chi connectivity index (χ0n) is 9.76. The van der Waals surface area contributed by atoms with Gasteiger partial charge in [-0.05, 0) is 38.2 Å². The summed E-state index contributed by atoms with van der Waals surface area (Å²) in [5, 5.41) is 5.23. The molecule has 0 amide bonds. The van der Waals surface area contributed by atoms with Crippen LogP contribution in [0.5, 0.6) is 0 Å². The molecule has 86 valence electrons. The summed E-state index contributed by atoms with van der Waals surface area (Å²) in [6, 6.07) is 8.33. The van der Waals surface area contributed by atoms with E-state index < -0.39 is 0 Å². The predicted octanol–water partition coefficient (Wildman–Crippen LogP) is 3.08. The van der Waals surface area contributed by atoms with Crippen LogP contribution in [-0.4, -0.2) is 18.2 Å². The Balaban J connectivity index is 2.48. The maximum atomic E-state index is 6.01. The average molecular weight is 237 g/mol. The van der Waals surface area contributed by atoms with Gasteiger partial charge in [-0.25, -0.2) is 0 Å². The van der Waals surface area contributed by atoms with Crippen molar-refractivity contribution in [2.75, 3.05) is 13.6 Å². The number of nitrogens with one attached hydrogen (secondary N) is 1. The number of aryl methyl sites for hydroxylation is 1. The Morgan fingerprint density at radius 2 is 2.12 bits per heavy atom. The molecular weight excluding hydrogens is 220 g/mol. The van der Waals surface area contributed by atoms with Gasteiger partial charge in [0.05, 0.1) is 0 Å². The third-order valence-electron chi connectivity index (χ3n) is 2.90. The molecule has 0 aliphatic carbocycles. The second-order valence-electron chi connectivity index (χ2n) is 3.94. The second-order valence-corrected chi connectivity index (χ2v) is 4.37. The Morgan fingerprint density at radius 1 is 1.31 bits per heavy atom. The first kappa shape index (κ1) is 11.5. The molecule has 0 bridgehead atoms. The molecule has 0 unspecified atom stereocenters. The lowest BCUT2D eigenvalue weighted by atomic mass is 10.2. The smallest absolute Gasteiger partial charge is 0.0483 e. The zero-order chi connectivity index (χ0) is 11.5. The quantitative estimate of drug-likeness (QED) is 0.864. The van der Waals surface area contributed by atoms with E-state index in [9.17, 15) is 0 Å². The van der Waals surface area contributed by atoms with Gasteiger partial charge in [-0.15, -0.1) is 0 Å². The maximum Gasteiger partial charge on any atom is 0.0483 e. The van der Waals surface area contributed by atoms with Crippen LogP contribution in [0.3, 0.4) is 0 Å². The van der Waals surface area contributed by atoms with Crippen LogP contribution < -0.4 is 5.32 Å². The minimum atomic E-state index is 0.806. The van der Waals surface area contributed by atoms with Crippen LogP contribution in [0, 0.1) is 0 Å². The molecule has 0 aliphatic heterocycles. The van der Waals surface area contributed by atoms with E-state index in [1.165, 1.54) is 16.6 Å². The lowest BCUT2D eigenvalue weighted by molar-refractivity contribution is 0.700. The molecule has 0 radical (unpaired) electrons. The standard InChI is InChI=1S/C13H17ClN2/c1-3-16-12(6-7-15-2)9-10-8-11(14)4-5-13(10)16/h4-5,8-9,15H,3,6-7H2,1-2H3. The molecule has 0 saturated heterocycles. The fraction of sp³-hybridized carbons (Fsp3) is 0.385. The number of benzene rings is 1. The monoisotopic (exact) mass is 236 g/mol. The number of halogens is 1. The predicted molar refractivity (Wildman–Crippen MR) is 70.3 cm³/mol. The topological polar surface area (TPSA) is 17.0 Å². The Morgan fingerprint density at radius 3 is 2.81 bits per heavy atom. The van der Waals surface area contributed by atoms with Crippen molar-refractivity contribution in [2.24, 2.45) is 0 Å². The van der Waals surface area contributed by atoms with Gasteiger partial charge < -0.3 is 9.88 Å². The van der Waals surface area contributed by atoms with Crippen molar-refractivity contribution >= 4 is 22.5 Å². The average Bonchev–Trinajstić information content (AvgIpc) is 2.62. The number of hydrogen-bond donors (Lipinski definition) is 1. The minimum absolute atomic E-state index is 0.806. The Bertz CT molecular complexity index is 488. The van der Waals surface area contributed by atoms with Gasteiger partial charge >= 0.3 is 0 Å². The van der Waals surface area contributed by atoms with Gasteiger partial charge in [0.1, 0.15) is 0 Å². The second kappa shape index (κ2) is 4.89. The summed E-state index contributed by atoms with van der Waals surface area (Å²) < 4.78 is 2.35. The zero-order valence-corrected chi connectivity index (χ0v) is 10.5. The van der Waals surface area contributed by atoms with Gasteiger partial charge in [-0.1, -0.05) is 11.6 Å². The highest BCUT2D eigenvalue weighted by Gasteiger charge is 2.07. The van der Waals surface area contributed by atoms with E-state index in [4.69, 9.17) is 11.6 Å². The van der Waals surface area contributed by atoms with Crippen LogP contribution >= 0.6 is 11.6 Å². The highest BCUT2D eigenvalue weighted by atomic mass is 35.5. The van der Waals surface area contributed by atoms with Crippen LogP contribution in [0.4, 0.5) is 0 Å². The largest absolute Gasteiger partial charge is 0.345 e. The third kappa shape index (κ3) is 2.08. The fourth-order valence-electron chi connectivity index (χ4n) is 2.13. The molecule has 1 N–H and O–H groups in total. The van der Waals surface area contributed by atoms with Crippen molar-refractivity contribution in [2.45, 2.75) is 19.9 Å². The molecule has 16 heavy (non-hydrogen) atoms. The highest BCUT2D eigenvalue weighted by molar-refractivity contribution is 6.31. The molecule has 1 aromatic carbocycles. The van der Waals surface area contributed by atoms with Crippen molar-refractivity contribution in [3.05, 3.63) is 35.0 Å². The fourth-order valence-corrected chi connectivity index (χ4v) is 2.31. The Hall–Kier alpha value is -0.990. The number of rotatable bonds is 4. The molecule has 0 saturated carbocycles. The summed E-state index contributed by atoms with van der Waals surface area (Å²) in [4.78, 5) is 0. The molecule has 0 atom stereocenters. The van der Waals surface area contributed by atoms with Crippen molar-refractivity contribution in [1.29, 1.82) is 0 Å². The number of fused-ring (bicyclic) bond motifs is 1. The summed E-state index contributed by atoms with van der Waals surface area (Å²) in [6.45, 7) is 4.19. The van der Waals surface area contributed by atoms with Crippen molar-refractivity contribution < 1.29 is 0 Å². The van der Waals surface area contributed by atoms with E-state index in [1.54, 1.807) is 0 Å². The lowest BCUT2D eigenvalue weighted by Crippen LogP contribution is -2.12. The van der Waals surface area contributed by atoms with E-state index in [-0.39, 0.29) is 0 Å². The van der Waals surface area contributed by atoms with Crippen LogP contribution in [-0.2, 0) is 13.0 Å². The number of likely N-dealkylation sites (N-methyl/N-ethyl adjacent to an activating group) is 1. The highest BCUT2D eigenvalue weighted by Crippen LogP contribution is 2.23. The third-order valence-corrected chi connectivity index (χ3v) is 3.13.